The molecule has 2 rings (SSSR count). The van der Waals surface area contributed by atoms with Gasteiger partial charge in [-0.15, -0.1) is 0 Å². The van der Waals surface area contributed by atoms with Gasteiger partial charge in [0.05, 0.1) is 6.20 Å². The lowest BCUT2D eigenvalue weighted by atomic mass is 9.96. The highest BCUT2D eigenvalue weighted by molar-refractivity contribution is 5.69. The van der Waals surface area contributed by atoms with Gasteiger partial charge in [0.25, 0.3) is 0 Å². The number of rotatable bonds is 1. The second-order valence-corrected chi connectivity index (χ2v) is 4.72. The Labute approximate surface area is 89.2 Å². The summed E-state index contributed by atoms with van der Waals surface area (Å²) in [6.45, 7) is 8.36. The topological polar surface area (TPSA) is 54.5 Å². The molecule has 1 N–H and O–H groups in total. The third-order valence-corrected chi connectivity index (χ3v) is 2.29. The Hall–Kier alpha value is -1.45. The molecule has 0 bridgehead atoms. The van der Waals surface area contributed by atoms with Crippen LogP contribution < -0.4 is 0 Å². The molecule has 4 heteroatoms. The SMILES string of the molecule is CCc1nc2nc(C(C)(C)C)ncc2[nH]1. The van der Waals surface area contributed by atoms with Crippen LogP contribution in [0.25, 0.3) is 11.2 Å². The van der Waals surface area contributed by atoms with E-state index >= 15 is 0 Å². The molecule has 2 heterocycles. The summed E-state index contributed by atoms with van der Waals surface area (Å²) in [6.07, 6.45) is 2.70. The van der Waals surface area contributed by atoms with Crippen LogP contribution in [0.5, 0.6) is 0 Å². The van der Waals surface area contributed by atoms with Gasteiger partial charge in [0.2, 0.25) is 0 Å². The molecule has 0 aliphatic rings. The second kappa shape index (κ2) is 3.29. The van der Waals surface area contributed by atoms with Gasteiger partial charge in [-0.3, -0.25) is 0 Å². The van der Waals surface area contributed by atoms with Crippen molar-refractivity contribution < 1.29 is 0 Å². The van der Waals surface area contributed by atoms with E-state index in [1.165, 1.54) is 0 Å². The van der Waals surface area contributed by atoms with Crippen molar-refractivity contribution in [3.05, 3.63) is 17.8 Å². The summed E-state index contributed by atoms with van der Waals surface area (Å²) in [4.78, 5) is 16.4. The highest BCUT2D eigenvalue weighted by Crippen LogP contribution is 2.19. The van der Waals surface area contributed by atoms with E-state index in [-0.39, 0.29) is 5.41 Å². The molecule has 4 nitrogen and oxygen atoms in total. The zero-order valence-corrected chi connectivity index (χ0v) is 9.63. The first-order chi connectivity index (χ1) is 7.00. The number of hydrogen-bond acceptors (Lipinski definition) is 3. The van der Waals surface area contributed by atoms with E-state index in [0.29, 0.717) is 0 Å². The van der Waals surface area contributed by atoms with Gasteiger partial charge < -0.3 is 4.98 Å². The minimum atomic E-state index is -0.0283. The van der Waals surface area contributed by atoms with Crippen LogP contribution in [-0.4, -0.2) is 19.9 Å². The lowest BCUT2D eigenvalue weighted by Gasteiger charge is -2.15. The van der Waals surface area contributed by atoms with Gasteiger partial charge in [0.15, 0.2) is 5.65 Å². The molecule has 0 spiro atoms. The van der Waals surface area contributed by atoms with Crippen molar-refractivity contribution in [2.45, 2.75) is 39.5 Å². The normalized spacial score (nSPS) is 12.3. The van der Waals surface area contributed by atoms with Crippen molar-refractivity contribution in [2.75, 3.05) is 0 Å². The standard InChI is InChI=1S/C11H16N4/c1-5-8-13-7-6-12-10(11(2,3)4)15-9(7)14-8/h6H,5H2,1-4H3,(H,12,13,14,15). The molecular formula is C11H16N4. The predicted molar refractivity (Wildman–Crippen MR) is 59.8 cm³/mol. The molecule has 0 unspecified atom stereocenters. The second-order valence-electron chi connectivity index (χ2n) is 4.72. The maximum atomic E-state index is 4.46. The van der Waals surface area contributed by atoms with E-state index < -0.39 is 0 Å². The summed E-state index contributed by atoms with van der Waals surface area (Å²) in [6, 6.07) is 0. The lowest BCUT2D eigenvalue weighted by Crippen LogP contribution is -2.15. The Morgan fingerprint density at radius 2 is 2.00 bits per heavy atom. The summed E-state index contributed by atoms with van der Waals surface area (Å²) in [5.41, 5.74) is 1.66. The Morgan fingerprint density at radius 3 is 2.60 bits per heavy atom. The fourth-order valence-corrected chi connectivity index (χ4v) is 1.39. The van der Waals surface area contributed by atoms with Gasteiger partial charge in [-0.25, -0.2) is 15.0 Å². The average Bonchev–Trinajstić information content (AvgIpc) is 2.57. The van der Waals surface area contributed by atoms with Crippen LogP contribution in [0, 0.1) is 0 Å². The van der Waals surface area contributed by atoms with Gasteiger partial charge in [0, 0.05) is 11.8 Å². The summed E-state index contributed by atoms with van der Waals surface area (Å²) < 4.78 is 0. The first-order valence-corrected chi connectivity index (χ1v) is 5.23. The molecule has 0 radical (unpaired) electrons. The minimum absolute atomic E-state index is 0.0283. The minimum Gasteiger partial charge on any atom is -0.339 e. The molecular weight excluding hydrogens is 188 g/mol. The monoisotopic (exact) mass is 204 g/mol. The van der Waals surface area contributed by atoms with Crippen molar-refractivity contribution in [1.29, 1.82) is 0 Å². The maximum absolute atomic E-state index is 4.46. The van der Waals surface area contributed by atoms with Gasteiger partial charge >= 0.3 is 0 Å². The molecule has 0 aliphatic carbocycles. The fraction of sp³-hybridized carbons (Fsp3) is 0.545. The molecule has 80 valence electrons. The highest BCUT2D eigenvalue weighted by Gasteiger charge is 2.18. The van der Waals surface area contributed by atoms with Gasteiger partial charge in [-0.2, -0.15) is 0 Å². The van der Waals surface area contributed by atoms with Crippen molar-refractivity contribution in [3.8, 4) is 0 Å². The number of aryl methyl sites for hydroxylation is 1. The Bertz CT molecular complexity index is 479. The third kappa shape index (κ3) is 1.84. The van der Waals surface area contributed by atoms with Crippen LogP contribution in [0.2, 0.25) is 0 Å². The summed E-state index contributed by atoms with van der Waals surface area (Å²) in [5.74, 6) is 1.80. The van der Waals surface area contributed by atoms with Crippen molar-refractivity contribution >= 4 is 11.2 Å². The molecule has 2 aromatic rings. The zero-order valence-electron chi connectivity index (χ0n) is 9.63. The van der Waals surface area contributed by atoms with Crippen LogP contribution in [0.4, 0.5) is 0 Å². The zero-order chi connectivity index (χ0) is 11.1. The van der Waals surface area contributed by atoms with E-state index in [2.05, 4.69) is 47.6 Å². The summed E-state index contributed by atoms with van der Waals surface area (Å²) in [7, 11) is 0. The third-order valence-electron chi connectivity index (χ3n) is 2.29. The van der Waals surface area contributed by atoms with Gasteiger partial charge in [0.1, 0.15) is 17.2 Å². The van der Waals surface area contributed by atoms with Crippen LogP contribution in [-0.2, 0) is 11.8 Å². The van der Waals surface area contributed by atoms with Crippen LogP contribution in [0.1, 0.15) is 39.3 Å². The number of H-pyrrole nitrogens is 1. The largest absolute Gasteiger partial charge is 0.339 e. The van der Waals surface area contributed by atoms with E-state index in [0.717, 1.165) is 29.2 Å². The molecule has 0 aromatic carbocycles. The summed E-state index contributed by atoms with van der Waals surface area (Å²) in [5, 5.41) is 0. The smallest absolute Gasteiger partial charge is 0.181 e. The van der Waals surface area contributed by atoms with Gasteiger partial charge in [-0.1, -0.05) is 27.7 Å². The first-order valence-electron chi connectivity index (χ1n) is 5.23. The van der Waals surface area contributed by atoms with Crippen molar-refractivity contribution in [3.63, 3.8) is 0 Å². The number of aromatic nitrogens is 4. The molecule has 0 aliphatic heterocycles. The average molecular weight is 204 g/mol. The van der Waals surface area contributed by atoms with E-state index in [9.17, 15) is 0 Å². The fourth-order valence-electron chi connectivity index (χ4n) is 1.39. The number of fused-ring (bicyclic) bond motifs is 1. The van der Waals surface area contributed by atoms with E-state index in [1.54, 1.807) is 0 Å². The molecule has 0 saturated carbocycles. The summed E-state index contributed by atoms with van der Waals surface area (Å²) >= 11 is 0. The van der Waals surface area contributed by atoms with Crippen LogP contribution in [0.15, 0.2) is 6.20 Å². The molecule has 0 saturated heterocycles. The number of hydrogen-bond donors (Lipinski definition) is 1. The number of aromatic amines is 1. The lowest BCUT2D eigenvalue weighted by molar-refractivity contribution is 0.548. The van der Waals surface area contributed by atoms with Crippen molar-refractivity contribution in [2.24, 2.45) is 0 Å². The quantitative estimate of drug-likeness (QED) is 0.774. The number of imidazole rings is 1. The Kier molecular flexibility index (Phi) is 2.21. The Morgan fingerprint density at radius 1 is 1.27 bits per heavy atom. The Balaban J connectivity index is 2.55. The number of nitrogens with zero attached hydrogens (tertiary/aromatic N) is 3. The van der Waals surface area contributed by atoms with Gasteiger partial charge in [-0.05, 0) is 0 Å². The van der Waals surface area contributed by atoms with Crippen LogP contribution in [0.3, 0.4) is 0 Å². The predicted octanol–water partition coefficient (Wildman–Crippen LogP) is 2.21. The molecule has 2 aromatic heterocycles. The molecule has 15 heavy (non-hydrogen) atoms. The molecule has 0 atom stereocenters. The molecule has 0 fully saturated rings. The highest BCUT2D eigenvalue weighted by atomic mass is 15.0. The number of nitrogens with one attached hydrogen (secondary N) is 1. The van der Waals surface area contributed by atoms with E-state index in [4.69, 9.17) is 0 Å². The first kappa shape index (κ1) is 10.1. The van der Waals surface area contributed by atoms with E-state index in [1.807, 2.05) is 6.20 Å². The van der Waals surface area contributed by atoms with Crippen molar-refractivity contribution in [1.82, 2.24) is 19.9 Å². The maximum Gasteiger partial charge on any atom is 0.181 e. The molecule has 0 amide bonds. The van der Waals surface area contributed by atoms with Crippen LogP contribution >= 0.6 is 0 Å².